The molecule has 1 amide bonds. The average molecular weight is 322 g/mol. The molecule has 0 atom stereocenters. The Morgan fingerprint density at radius 1 is 1.17 bits per heavy atom. The van der Waals surface area contributed by atoms with Gasteiger partial charge in [-0.05, 0) is 37.1 Å². The summed E-state index contributed by atoms with van der Waals surface area (Å²) in [6, 6.07) is 11.2. The van der Waals surface area contributed by atoms with Gasteiger partial charge in [-0.15, -0.1) is 0 Å². The van der Waals surface area contributed by atoms with Crippen molar-refractivity contribution in [3.8, 4) is 11.3 Å². The maximum atomic E-state index is 11.6. The molecule has 2 heterocycles. The highest BCUT2D eigenvalue weighted by atomic mass is 16.4. The van der Waals surface area contributed by atoms with Crippen LogP contribution in [0.15, 0.2) is 48.8 Å². The minimum atomic E-state index is -1.23. The molecular weight excluding hydrogens is 306 g/mol. The Hall–Kier alpha value is -3.15. The van der Waals surface area contributed by atoms with Gasteiger partial charge in [-0.2, -0.15) is 0 Å². The highest BCUT2D eigenvalue weighted by molar-refractivity contribution is 5.92. The zero-order valence-corrected chi connectivity index (χ0v) is 13.2. The first-order valence-electron chi connectivity index (χ1n) is 7.57. The largest absolute Gasteiger partial charge is 0.550 e. The number of nitrogens with one attached hydrogen (secondary N) is 1. The molecule has 24 heavy (non-hydrogen) atoms. The Kier molecular flexibility index (Phi) is 4.29. The molecule has 0 fully saturated rings. The van der Waals surface area contributed by atoms with Crippen molar-refractivity contribution in [1.82, 2.24) is 9.38 Å². The number of carbonyl (C=O) groups is 2. The van der Waals surface area contributed by atoms with Crippen LogP contribution >= 0.6 is 0 Å². The SMILES string of the molecule is Cc1cccn2cc(-c3ccc(NC(=O)CCC(=O)[O-])cc3)nc12. The van der Waals surface area contributed by atoms with E-state index in [1.165, 1.54) is 0 Å². The van der Waals surface area contributed by atoms with Crippen LogP contribution in [0.3, 0.4) is 0 Å². The van der Waals surface area contributed by atoms with Crippen molar-refractivity contribution in [2.24, 2.45) is 0 Å². The summed E-state index contributed by atoms with van der Waals surface area (Å²) >= 11 is 0. The zero-order chi connectivity index (χ0) is 17.1. The predicted molar refractivity (Wildman–Crippen MR) is 88.2 cm³/mol. The molecule has 1 aromatic carbocycles. The number of pyridine rings is 1. The Labute approximate surface area is 138 Å². The van der Waals surface area contributed by atoms with Gasteiger partial charge in [0.15, 0.2) is 0 Å². The minimum Gasteiger partial charge on any atom is -0.550 e. The Morgan fingerprint density at radius 3 is 2.58 bits per heavy atom. The topological polar surface area (TPSA) is 86.5 Å². The Bertz CT molecular complexity index is 898. The molecule has 0 spiro atoms. The summed E-state index contributed by atoms with van der Waals surface area (Å²) in [5.74, 6) is -1.59. The van der Waals surface area contributed by atoms with Crippen molar-refractivity contribution in [3.05, 3.63) is 54.4 Å². The van der Waals surface area contributed by atoms with Crippen molar-refractivity contribution >= 4 is 23.2 Å². The van der Waals surface area contributed by atoms with E-state index in [2.05, 4.69) is 10.3 Å². The van der Waals surface area contributed by atoms with E-state index in [-0.39, 0.29) is 18.7 Å². The average Bonchev–Trinajstić information content (AvgIpc) is 2.99. The van der Waals surface area contributed by atoms with Gasteiger partial charge < -0.3 is 19.6 Å². The minimum absolute atomic E-state index is 0.101. The van der Waals surface area contributed by atoms with E-state index in [4.69, 9.17) is 0 Å². The van der Waals surface area contributed by atoms with Gasteiger partial charge in [0.1, 0.15) is 5.65 Å². The number of benzene rings is 1. The van der Waals surface area contributed by atoms with Gasteiger partial charge in [0, 0.05) is 36.0 Å². The van der Waals surface area contributed by atoms with Gasteiger partial charge in [0.05, 0.1) is 5.69 Å². The fraction of sp³-hybridized carbons (Fsp3) is 0.167. The second-order valence-corrected chi connectivity index (χ2v) is 5.55. The molecule has 0 aliphatic rings. The van der Waals surface area contributed by atoms with E-state index in [1.54, 1.807) is 12.1 Å². The summed E-state index contributed by atoms with van der Waals surface area (Å²) in [5, 5.41) is 13.0. The molecule has 3 rings (SSSR count). The number of hydrogen-bond acceptors (Lipinski definition) is 4. The second-order valence-electron chi connectivity index (χ2n) is 5.55. The molecule has 3 aromatic rings. The number of aryl methyl sites for hydroxylation is 1. The van der Waals surface area contributed by atoms with Crippen LogP contribution < -0.4 is 10.4 Å². The Morgan fingerprint density at radius 2 is 1.92 bits per heavy atom. The number of amides is 1. The van der Waals surface area contributed by atoms with Gasteiger partial charge in [0.25, 0.3) is 0 Å². The van der Waals surface area contributed by atoms with E-state index in [9.17, 15) is 14.7 Å². The number of aromatic nitrogens is 2. The van der Waals surface area contributed by atoms with E-state index in [1.807, 2.05) is 48.0 Å². The first-order valence-corrected chi connectivity index (χ1v) is 7.57. The van der Waals surface area contributed by atoms with Crippen molar-refractivity contribution in [2.75, 3.05) is 5.32 Å². The number of imidazole rings is 1. The van der Waals surface area contributed by atoms with E-state index in [0.29, 0.717) is 5.69 Å². The molecule has 0 bridgehead atoms. The number of carboxylic acids is 1. The number of carboxylic acid groups (broad SMARTS) is 1. The third-order valence-corrected chi connectivity index (χ3v) is 3.70. The number of anilines is 1. The van der Waals surface area contributed by atoms with Crippen molar-refractivity contribution in [2.45, 2.75) is 19.8 Å². The van der Waals surface area contributed by atoms with E-state index in [0.717, 1.165) is 22.5 Å². The van der Waals surface area contributed by atoms with Crippen LogP contribution in [0.2, 0.25) is 0 Å². The molecule has 0 unspecified atom stereocenters. The predicted octanol–water partition coefficient (Wildman–Crippen LogP) is 1.78. The van der Waals surface area contributed by atoms with E-state index < -0.39 is 5.97 Å². The molecule has 0 aliphatic carbocycles. The quantitative estimate of drug-likeness (QED) is 0.776. The third-order valence-electron chi connectivity index (χ3n) is 3.70. The summed E-state index contributed by atoms with van der Waals surface area (Å²) in [5.41, 5.74) is 4.40. The van der Waals surface area contributed by atoms with Crippen molar-refractivity contribution in [3.63, 3.8) is 0 Å². The molecule has 0 aliphatic heterocycles. The molecule has 6 nitrogen and oxygen atoms in total. The highest BCUT2D eigenvalue weighted by Crippen LogP contribution is 2.22. The third kappa shape index (κ3) is 3.43. The number of aliphatic carboxylic acids is 1. The first kappa shape index (κ1) is 15.7. The Balaban J connectivity index is 1.75. The smallest absolute Gasteiger partial charge is 0.224 e. The molecule has 2 aromatic heterocycles. The number of rotatable bonds is 5. The maximum absolute atomic E-state index is 11.6. The van der Waals surface area contributed by atoms with Crippen molar-refractivity contribution < 1.29 is 14.7 Å². The standard InChI is InChI=1S/C18H17N3O3/c1-12-3-2-10-21-11-15(20-18(12)21)13-4-6-14(7-5-13)19-16(22)8-9-17(23)24/h2-7,10-11H,8-9H2,1H3,(H,19,22)(H,23,24)/p-1. The second kappa shape index (κ2) is 6.54. The number of carbonyl (C=O) groups excluding carboxylic acids is 2. The number of fused-ring (bicyclic) bond motifs is 1. The molecule has 0 radical (unpaired) electrons. The van der Waals surface area contributed by atoms with Crippen LogP contribution in [0.1, 0.15) is 18.4 Å². The van der Waals surface area contributed by atoms with Crippen LogP contribution in [0.5, 0.6) is 0 Å². The van der Waals surface area contributed by atoms with Crippen LogP contribution in [-0.2, 0) is 9.59 Å². The summed E-state index contributed by atoms with van der Waals surface area (Å²) < 4.78 is 1.97. The first-order chi connectivity index (χ1) is 11.5. The van der Waals surface area contributed by atoms with Gasteiger partial charge in [0.2, 0.25) is 5.91 Å². The number of hydrogen-bond donors (Lipinski definition) is 1. The summed E-state index contributed by atoms with van der Waals surface area (Å²) in [6.07, 6.45) is 3.51. The van der Waals surface area contributed by atoms with Crippen LogP contribution in [0.4, 0.5) is 5.69 Å². The van der Waals surface area contributed by atoms with Crippen LogP contribution in [0, 0.1) is 6.92 Å². The van der Waals surface area contributed by atoms with Gasteiger partial charge in [-0.1, -0.05) is 18.2 Å². The molecule has 122 valence electrons. The van der Waals surface area contributed by atoms with Crippen LogP contribution in [0.25, 0.3) is 16.9 Å². The monoisotopic (exact) mass is 322 g/mol. The summed E-state index contributed by atoms with van der Waals surface area (Å²) in [7, 11) is 0. The fourth-order valence-electron chi connectivity index (χ4n) is 2.46. The summed E-state index contributed by atoms with van der Waals surface area (Å²) in [6.45, 7) is 2.01. The number of nitrogens with zero attached hydrogens (tertiary/aromatic N) is 2. The molecule has 1 N–H and O–H groups in total. The van der Waals surface area contributed by atoms with Crippen LogP contribution in [-0.4, -0.2) is 21.3 Å². The molecule has 6 heteroatoms. The lowest BCUT2D eigenvalue weighted by molar-refractivity contribution is -0.305. The van der Waals surface area contributed by atoms with Crippen molar-refractivity contribution in [1.29, 1.82) is 0 Å². The van der Waals surface area contributed by atoms with Gasteiger partial charge in [-0.3, -0.25) is 4.79 Å². The maximum Gasteiger partial charge on any atom is 0.224 e. The lowest BCUT2D eigenvalue weighted by Gasteiger charge is -2.06. The van der Waals surface area contributed by atoms with Gasteiger partial charge in [-0.25, -0.2) is 4.98 Å². The lowest BCUT2D eigenvalue weighted by atomic mass is 10.1. The fourth-order valence-corrected chi connectivity index (χ4v) is 2.46. The lowest BCUT2D eigenvalue weighted by Crippen LogP contribution is -2.24. The normalized spacial score (nSPS) is 10.7. The molecular formula is C18H16N3O3-. The van der Waals surface area contributed by atoms with Gasteiger partial charge >= 0.3 is 0 Å². The zero-order valence-electron chi connectivity index (χ0n) is 13.2. The highest BCUT2D eigenvalue weighted by Gasteiger charge is 2.07. The van der Waals surface area contributed by atoms with E-state index >= 15 is 0 Å². The molecule has 0 saturated heterocycles. The molecule has 0 saturated carbocycles. The summed E-state index contributed by atoms with van der Waals surface area (Å²) in [4.78, 5) is 26.6.